The maximum absolute atomic E-state index is 13.2. The molecule has 0 aliphatic carbocycles. The van der Waals surface area contributed by atoms with Crippen molar-refractivity contribution in [2.75, 3.05) is 54.6 Å². The molecule has 1 aromatic rings. The molecule has 1 spiro atoms. The van der Waals surface area contributed by atoms with Crippen LogP contribution in [0, 0.1) is 5.41 Å². The summed E-state index contributed by atoms with van der Waals surface area (Å²) in [5.74, 6) is 1.32. The van der Waals surface area contributed by atoms with Crippen LogP contribution in [0.25, 0.3) is 0 Å². The molecule has 0 saturated carbocycles. The second kappa shape index (κ2) is 7.94. The number of hydrogen-bond acceptors (Lipinski definition) is 6. The number of carbonyl (C=O) groups excluding carboxylic acids is 1. The number of ether oxygens (including phenoxy) is 3. The minimum absolute atomic E-state index is 0.0752. The molecule has 2 aliphatic heterocycles. The number of benzene rings is 1. The van der Waals surface area contributed by atoms with Gasteiger partial charge in [0.05, 0.1) is 27.4 Å². The Bertz CT molecular complexity index is 670. The van der Waals surface area contributed by atoms with E-state index in [1.807, 2.05) is 4.90 Å². The summed E-state index contributed by atoms with van der Waals surface area (Å²) in [6.07, 6.45) is 2.21. The van der Waals surface area contributed by atoms with Crippen molar-refractivity contribution in [2.24, 2.45) is 5.41 Å². The van der Waals surface area contributed by atoms with E-state index in [4.69, 9.17) is 14.2 Å². The quantitative estimate of drug-likeness (QED) is 0.859. The van der Waals surface area contributed by atoms with Crippen molar-refractivity contribution in [3.63, 3.8) is 0 Å². The standard InChI is InChI=1S/C20H30N2O5/c1-21-9-6-17(23)20(12-21)7-5-8-22(13-20)19(24)14-10-15(25-2)18(27-4)16(11-14)26-3/h10-11,17,23H,5-9,12-13H2,1-4H3/t17-,20-/m0/s1. The van der Waals surface area contributed by atoms with Gasteiger partial charge in [0, 0.05) is 37.2 Å². The Morgan fingerprint density at radius 2 is 1.78 bits per heavy atom. The monoisotopic (exact) mass is 378 g/mol. The molecule has 7 nitrogen and oxygen atoms in total. The fourth-order valence-corrected chi connectivity index (χ4v) is 4.49. The molecule has 1 N–H and O–H groups in total. The van der Waals surface area contributed by atoms with Crippen molar-refractivity contribution in [3.8, 4) is 17.2 Å². The minimum Gasteiger partial charge on any atom is -0.493 e. The number of nitrogens with zero attached hydrogens (tertiary/aromatic N) is 2. The van der Waals surface area contributed by atoms with Gasteiger partial charge in [-0.2, -0.15) is 0 Å². The highest BCUT2D eigenvalue weighted by Crippen LogP contribution is 2.41. The third kappa shape index (κ3) is 3.71. The second-order valence-corrected chi connectivity index (χ2v) is 7.65. The summed E-state index contributed by atoms with van der Waals surface area (Å²) in [5, 5.41) is 10.7. The van der Waals surface area contributed by atoms with E-state index >= 15 is 0 Å². The number of carbonyl (C=O) groups is 1. The maximum atomic E-state index is 13.2. The number of likely N-dealkylation sites (tertiary alicyclic amines) is 2. The molecule has 150 valence electrons. The molecular weight excluding hydrogens is 348 g/mol. The van der Waals surface area contributed by atoms with Gasteiger partial charge in [-0.1, -0.05) is 0 Å². The van der Waals surface area contributed by atoms with E-state index in [1.54, 1.807) is 12.1 Å². The number of aliphatic hydroxyl groups is 1. The van der Waals surface area contributed by atoms with E-state index in [0.29, 0.717) is 35.9 Å². The highest BCUT2D eigenvalue weighted by molar-refractivity contribution is 5.95. The van der Waals surface area contributed by atoms with Crippen molar-refractivity contribution in [2.45, 2.75) is 25.4 Å². The van der Waals surface area contributed by atoms with Gasteiger partial charge in [0.15, 0.2) is 11.5 Å². The highest BCUT2D eigenvalue weighted by Gasteiger charge is 2.45. The molecule has 1 aromatic carbocycles. The molecule has 27 heavy (non-hydrogen) atoms. The van der Waals surface area contributed by atoms with Crippen LogP contribution in [0.1, 0.15) is 29.6 Å². The predicted molar refractivity (Wildman–Crippen MR) is 102 cm³/mol. The van der Waals surface area contributed by atoms with Crippen molar-refractivity contribution < 1.29 is 24.1 Å². The van der Waals surface area contributed by atoms with Gasteiger partial charge in [-0.15, -0.1) is 0 Å². The summed E-state index contributed by atoms with van der Waals surface area (Å²) in [7, 11) is 6.69. The average Bonchev–Trinajstić information content (AvgIpc) is 2.69. The predicted octanol–water partition coefficient (Wildman–Crippen LogP) is 1.63. The van der Waals surface area contributed by atoms with E-state index in [9.17, 15) is 9.90 Å². The zero-order valence-corrected chi connectivity index (χ0v) is 16.7. The molecular formula is C20H30N2O5. The first-order valence-corrected chi connectivity index (χ1v) is 9.40. The van der Waals surface area contributed by atoms with Gasteiger partial charge in [0.1, 0.15) is 0 Å². The zero-order chi connectivity index (χ0) is 19.6. The Morgan fingerprint density at radius 3 is 2.37 bits per heavy atom. The Morgan fingerprint density at radius 1 is 1.11 bits per heavy atom. The molecule has 2 aliphatic rings. The molecule has 0 aromatic heterocycles. The van der Waals surface area contributed by atoms with Crippen LogP contribution in [0.5, 0.6) is 17.2 Å². The lowest BCUT2D eigenvalue weighted by Crippen LogP contribution is -2.59. The van der Waals surface area contributed by atoms with Gasteiger partial charge >= 0.3 is 0 Å². The van der Waals surface area contributed by atoms with Gasteiger partial charge in [0.25, 0.3) is 5.91 Å². The molecule has 0 unspecified atom stereocenters. The van der Waals surface area contributed by atoms with E-state index in [2.05, 4.69) is 11.9 Å². The van der Waals surface area contributed by atoms with Crippen LogP contribution < -0.4 is 14.2 Å². The van der Waals surface area contributed by atoms with Gasteiger partial charge < -0.3 is 29.1 Å². The van der Waals surface area contributed by atoms with E-state index in [-0.39, 0.29) is 17.4 Å². The lowest BCUT2D eigenvalue weighted by atomic mass is 9.71. The molecule has 0 bridgehead atoms. The molecule has 1 amide bonds. The topological polar surface area (TPSA) is 71.5 Å². The third-order valence-corrected chi connectivity index (χ3v) is 5.88. The fraction of sp³-hybridized carbons (Fsp3) is 0.650. The van der Waals surface area contributed by atoms with Crippen molar-refractivity contribution in [1.29, 1.82) is 0 Å². The first kappa shape index (κ1) is 19.8. The van der Waals surface area contributed by atoms with Crippen LogP contribution in [-0.4, -0.2) is 81.5 Å². The summed E-state index contributed by atoms with van der Waals surface area (Å²) in [6.45, 7) is 2.96. The Balaban J connectivity index is 1.87. The first-order chi connectivity index (χ1) is 12.9. The first-order valence-electron chi connectivity index (χ1n) is 9.40. The number of hydrogen-bond donors (Lipinski definition) is 1. The lowest BCUT2D eigenvalue weighted by molar-refractivity contribution is -0.0731. The average molecular weight is 378 g/mol. The van der Waals surface area contributed by atoms with Crippen LogP contribution in [0.4, 0.5) is 0 Å². The summed E-state index contributed by atoms with van der Waals surface area (Å²) >= 11 is 0. The summed E-state index contributed by atoms with van der Waals surface area (Å²) in [4.78, 5) is 17.3. The molecule has 2 saturated heterocycles. The van der Waals surface area contributed by atoms with Crippen LogP contribution in [0.2, 0.25) is 0 Å². The number of amides is 1. The lowest BCUT2D eigenvalue weighted by Gasteiger charge is -2.50. The Kier molecular flexibility index (Phi) is 5.81. The molecule has 2 heterocycles. The normalized spacial score (nSPS) is 26.1. The summed E-state index contributed by atoms with van der Waals surface area (Å²) in [5.41, 5.74) is 0.252. The van der Waals surface area contributed by atoms with Crippen molar-refractivity contribution in [3.05, 3.63) is 17.7 Å². The van der Waals surface area contributed by atoms with E-state index in [1.165, 1.54) is 21.3 Å². The zero-order valence-electron chi connectivity index (χ0n) is 16.7. The Labute approximate surface area is 160 Å². The van der Waals surface area contributed by atoms with Gasteiger partial charge in [0.2, 0.25) is 5.75 Å². The van der Waals surface area contributed by atoms with Crippen molar-refractivity contribution >= 4 is 5.91 Å². The van der Waals surface area contributed by atoms with Gasteiger partial charge in [-0.3, -0.25) is 4.79 Å². The van der Waals surface area contributed by atoms with Crippen LogP contribution in [0.3, 0.4) is 0 Å². The largest absolute Gasteiger partial charge is 0.493 e. The minimum atomic E-state index is -0.371. The van der Waals surface area contributed by atoms with Crippen LogP contribution in [-0.2, 0) is 0 Å². The van der Waals surface area contributed by atoms with Gasteiger partial charge in [-0.05, 0) is 38.4 Å². The maximum Gasteiger partial charge on any atom is 0.254 e. The van der Waals surface area contributed by atoms with Crippen LogP contribution in [0.15, 0.2) is 12.1 Å². The third-order valence-electron chi connectivity index (χ3n) is 5.88. The second-order valence-electron chi connectivity index (χ2n) is 7.65. The smallest absolute Gasteiger partial charge is 0.254 e. The fourth-order valence-electron chi connectivity index (χ4n) is 4.49. The summed E-state index contributed by atoms with van der Waals surface area (Å²) in [6, 6.07) is 3.38. The number of rotatable bonds is 4. The molecule has 3 rings (SSSR count). The SMILES string of the molecule is COc1cc(C(=O)N2CCC[C@]3(CN(C)CC[C@@H]3O)C2)cc(OC)c1OC. The van der Waals surface area contributed by atoms with Gasteiger partial charge in [-0.25, -0.2) is 0 Å². The van der Waals surface area contributed by atoms with Crippen LogP contribution >= 0.6 is 0 Å². The van der Waals surface area contributed by atoms with Crippen molar-refractivity contribution in [1.82, 2.24) is 9.80 Å². The Hall–Kier alpha value is -1.99. The van der Waals surface area contributed by atoms with E-state index in [0.717, 1.165) is 32.4 Å². The molecule has 7 heteroatoms. The summed E-state index contributed by atoms with van der Waals surface area (Å²) < 4.78 is 16.1. The number of methoxy groups -OCH3 is 3. The number of piperidine rings is 2. The molecule has 0 radical (unpaired) electrons. The highest BCUT2D eigenvalue weighted by atomic mass is 16.5. The van der Waals surface area contributed by atoms with E-state index < -0.39 is 0 Å². The molecule has 2 fully saturated rings. The number of aliphatic hydroxyl groups excluding tert-OH is 1. The molecule has 2 atom stereocenters.